The molecule has 1 aliphatic heterocycles. The average Bonchev–Trinajstić information content (AvgIpc) is 2.98. The number of hydrogen-bond acceptors (Lipinski definition) is 5. The zero-order valence-electron chi connectivity index (χ0n) is 18.1. The summed E-state index contributed by atoms with van der Waals surface area (Å²) >= 11 is 0. The fourth-order valence-corrected chi connectivity index (χ4v) is 3.74. The highest BCUT2D eigenvalue weighted by Crippen LogP contribution is 2.18. The van der Waals surface area contributed by atoms with Gasteiger partial charge in [-0.05, 0) is 50.7 Å². The molecule has 1 aromatic rings. The number of esters is 1. The lowest BCUT2D eigenvalue weighted by atomic mass is 9.97. The van der Waals surface area contributed by atoms with Gasteiger partial charge in [-0.15, -0.1) is 0 Å². The van der Waals surface area contributed by atoms with Crippen LogP contribution in [-0.2, 0) is 19.1 Å². The summed E-state index contributed by atoms with van der Waals surface area (Å²) in [5.74, 6) is -0.828. The lowest BCUT2D eigenvalue weighted by Gasteiger charge is -2.25. The Morgan fingerprint density at radius 2 is 1.79 bits per heavy atom. The topological polar surface area (TPSA) is 93.7 Å². The Labute approximate surface area is 172 Å². The van der Waals surface area contributed by atoms with Crippen LogP contribution in [-0.4, -0.2) is 42.8 Å². The first-order chi connectivity index (χ1) is 13.6. The van der Waals surface area contributed by atoms with E-state index in [4.69, 9.17) is 9.47 Å². The van der Waals surface area contributed by atoms with E-state index in [-0.39, 0.29) is 17.7 Å². The molecule has 7 heteroatoms. The Balaban J connectivity index is 2.13. The van der Waals surface area contributed by atoms with Crippen molar-refractivity contribution in [2.24, 2.45) is 5.92 Å². The Morgan fingerprint density at radius 3 is 2.34 bits per heavy atom. The van der Waals surface area contributed by atoms with Gasteiger partial charge in [0.05, 0.1) is 12.6 Å². The van der Waals surface area contributed by atoms with Gasteiger partial charge in [0.15, 0.2) is 0 Å². The van der Waals surface area contributed by atoms with Gasteiger partial charge in [-0.25, -0.2) is 0 Å². The molecule has 0 aliphatic carbocycles. The van der Waals surface area contributed by atoms with E-state index in [1.165, 1.54) is 6.92 Å². The molecule has 0 aromatic heterocycles. The summed E-state index contributed by atoms with van der Waals surface area (Å²) in [6, 6.07) is 2.79. The van der Waals surface area contributed by atoms with Crippen LogP contribution in [0.15, 0.2) is 12.1 Å². The van der Waals surface area contributed by atoms with Gasteiger partial charge < -0.3 is 20.1 Å². The van der Waals surface area contributed by atoms with Gasteiger partial charge in [-0.3, -0.25) is 14.4 Å². The highest BCUT2D eigenvalue weighted by atomic mass is 16.7. The summed E-state index contributed by atoms with van der Waals surface area (Å²) in [6.07, 6.45) is 0.240. The molecule has 2 amide bonds. The standard InChI is InChI=1S/C22H32N2O5/c1-12(2)9-18(20(26)23-17-7-8-28-22(17)29-16(6)25)24-21(27)19-14(4)10-13(3)11-15(19)5/h10-12,17-18,22H,7-9H2,1-6H3,(H,23,26)(H,24,27)/t17-,18?,22-/m0/s1. The summed E-state index contributed by atoms with van der Waals surface area (Å²) in [4.78, 5) is 37.1. The second-order valence-corrected chi connectivity index (χ2v) is 8.18. The number of hydrogen-bond donors (Lipinski definition) is 2. The molecule has 0 bridgehead atoms. The Morgan fingerprint density at radius 1 is 1.17 bits per heavy atom. The van der Waals surface area contributed by atoms with Crippen LogP contribution in [0, 0.1) is 26.7 Å². The van der Waals surface area contributed by atoms with E-state index in [0.717, 1.165) is 16.7 Å². The van der Waals surface area contributed by atoms with Crippen molar-refractivity contribution in [2.45, 2.75) is 72.8 Å². The van der Waals surface area contributed by atoms with E-state index < -0.39 is 24.3 Å². The molecule has 1 aromatic carbocycles. The van der Waals surface area contributed by atoms with Gasteiger partial charge in [0.2, 0.25) is 12.2 Å². The van der Waals surface area contributed by atoms with Crippen LogP contribution in [0.3, 0.4) is 0 Å². The van der Waals surface area contributed by atoms with Crippen molar-refractivity contribution in [3.8, 4) is 0 Å². The lowest BCUT2D eigenvalue weighted by Crippen LogP contribution is -2.52. The van der Waals surface area contributed by atoms with Crippen molar-refractivity contribution in [3.05, 3.63) is 34.4 Å². The van der Waals surface area contributed by atoms with Crippen LogP contribution < -0.4 is 10.6 Å². The van der Waals surface area contributed by atoms with Crippen molar-refractivity contribution in [3.63, 3.8) is 0 Å². The SMILES string of the molecule is CC(=O)O[C@@H]1OCC[C@@H]1NC(=O)C(CC(C)C)NC(=O)c1c(C)cc(C)cc1C. The molecule has 1 fully saturated rings. The normalized spacial score (nSPS) is 19.7. The Kier molecular flexibility index (Phi) is 7.79. The largest absolute Gasteiger partial charge is 0.434 e. The number of carbonyl (C=O) groups excluding carboxylic acids is 3. The van der Waals surface area contributed by atoms with Gasteiger partial charge in [-0.1, -0.05) is 31.5 Å². The fourth-order valence-electron chi connectivity index (χ4n) is 3.74. The highest BCUT2D eigenvalue weighted by molar-refractivity contribution is 5.99. The molecule has 1 unspecified atom stereocenters. The maximum Gasteiger partial charge on any atom is 0.305 e. The number of rotatable bonds is 7. The monoisotopic (exact) mass is 404 g/mol. The average molecular weight is 405 g/mol. The van der Waals surface area contributed by atoms with E-state index in [2.05, 4.69) is 10.6 Å². The second-order valence-electron chi connectivity index (χ2n) is 8.18. The zero-order valence-corrected chi connectivity index (χ0v) is 18.1. The summed E-state index contributed by atoms with van der Waals surface area (Å²) in [7, 11) is 0. The van der Waals surface area contributed by atoms with Crippen LogP contribution in [0.5, 0.6) is 0 Å². The maximum absolute atomic E-state index is 13.0. The molecule has 0 spiro atoms. The van der Waals surface area contributed by atoms with Crippen molar-refractivity contribution in [1.29, 1.82) is 0 Å². The molecular weight excluding hydrogens is 372 g/mol. The summed E-state index contributed by atoms with van der Waals surface area (Å²) in [5.41, 5.74) is 3.44. The third-order valence-electron chi connectivity index (χ3n) is 4.88. The van der Waals surface area contributed by atoms with E-state index >= 15 is 0 Å². The molecule has 1 heterocycles. The van der Waals surface area contributed by atoms with Crippen LogP contribution in [0.1, 0.15) is 60.7 Å². The summed E-state index contributed by atoms with van der Waals surface area (Å²) in [5, 5.41) is 5.77. The number of carbonyl (C=O) groups is 3. The number of nitrogens with one attached hydrogen (secondary N) is 2. The van der Waals surface area contributed by atoms with E-state index in [1.807, 2.05) is 46.8 Å². The van der Waals surface area contributed by atoms with Gasteiger partial charge in [0.1, 0.15) is 6.04 Å². The van der Waals surface area contributed by atoms with Crippen LogP contribution in [0.25, 0.3) is 0 Å². The first-order valence-electron chi connectivity index (χ1n) is 10.1. The quantitative estimate of drug-likeness (QED) is 0.681. The predicted molar refractivity (Wildman–Crippen MR) is 109 cm³/mol. The third-order valence-corrected chi connectivity index (χ3v) is 4.88. The molecule has 3 atom stereocenters. The van der Waals surface area contributed by atoms with E-state index in [0.29, 0.717) is 25.0 Å². The van der Waals surface area contributed by atoms with Crippen molar-refractivity contribution < 1.29 is 23.9 Å². The highest BCUT2D eigenvalue weighted by Gasteiger charge is 2.34. The van der Waals surface area contributed by atoms with Gasteiger partial charge in [0, 0.05) is 12.5 Å². The van der Waals surface area contributed by atoms with Crippen LogP contribution in [0.4, 0.5) is 0 Å². The summed E-state index contributed by atoms with van der Waals surface area (Å²) < 4.78 is 10.5. The van der Waals surface area contributed by atoms with Gasteiger partial charge in [0.25, 0.3) is 5.91 Å². The zero-order chi connectivity index (χ0) is 21.7. The van der Waals surface area contributed by atoms with Crippen molar-refractivity contribution in [2.75, 3.05) is 6.61 Å². The third kappa shape index (κ3) is 6.29. The molecule has 7 nitrogen and oxygen atoms in total. The fraction of sp³-hybridized carbons (Fsp3) is 0.591. The minimum Gasteiger partial charge on any atom is -0.434 e. The smallest absolute Gasteiger partial charge is 0.305 e. The molecule has 2 N–H and O–H groups in total. The lowest BCUT2D eigenvalue weighted by molar-refractivity contribution is -0.170. The van der Waals surface area contributed by atoms with Crippen molar-refractivity contribution >= 4 is 17.8 Å². The minimum absolute atomic E-state index is 0.204. The number of benzene rings is 1. The molecule has 1 aliphatic rings. The molecule has 1 saturated heterocycles. The van der Waals surface area contributed by atoms with Gasteiger partial charge in [-0.2, -0.15) is 0 Å². The molecule has 0 saturated carbocycles. The number of aryl methyl sites for hydroxylation is 3. The first kappa shape index (κ1) is 22.9. The van der Waals surface area contributed by atoms with Crippen LogP contribution in [0.2, 0.25) is 0 Å². The van der Waals surface area contributed by atoms with Crippen molar-refractivity contribution in [1.82, 2.24) is 10.6 Å². The molecular formula is C22H32N2O5. The van der Waals surface area contributed by atoms with E-state index in [9.17, 15) is 14.4 Å². The second kappa shape index (κ2) is 9.87. The number of amides is 2. The minimum atomic E-state index is -0.798. The van der Waals surface area contributed by atoms with E-state index in [1.54, 1.807) is 0 Å². The number of ether oxygens (including phenoxy) is 2. The summed E-state index contributed by atoms with van der Waals surface area (Å²) in [6.45, 7) is 11.5. The first-order valence-corrected chi connectivity index (χ1v) is 10.1. The molecule has 160 valence electrons. The molecule has 29 heavy (non-hydrogen) atoms. The predicted octanol–water partition coefficient (Wildman–Crippen LogP) is 2.55. The maximum atomic E-state index is 13.0. The Bertz CT molecular complexity index is 751. The van der Waals surface area contributed by atoms with Crippen LogP contribution >= 0.6 is 0 Å². The molecule has 0 radical (unpaired) electrons. The molecule has 2 rings (SSSR count). The Hall–Kier alpha value is -2.41. The van der Waals surface area contributed by atoms with Gasteiger partial charge >= 0.3 is 5.97 Å².